The number of sulfone groups is 1. The Bertz CT molecular complexity index is 604. The first-order chi connectivity index (χ1) is 9.35. The van der Waals surface area contributed by atoms with Gasteiger partial charge in [-0.2, -0.15) is 0 Å². The highest BCUT2D eigenvalue weighted by molar-refractivity contribution is 7.91. The first kappa shape index (κ1) is 15.9. The lowest BCUT2D eigenvalue weighted by Crippen LogP contribution is -2.12. The normalized spacial score (nSPS) is 10.7. The minimum absolute atomic E-state index is 0.0815. The molecule has 1 rings (SSSR count). The Morgan fingerprint density at radius 1 is 1.30 bits per heavy atom. The molecule has 1 aromatic rings. The van der Waals surface area contributed by atoms with Crippen molar-refractivity contribution < 1.29 is 22.7 Å². The van der Waals surface area contributed by atoms with Crippen LogP contribution < -0.4 is 5.32 Å². The molecule has 0 aliphatic heterocycles. The molecule has 0 atom stereocenters. The third-order valence-corrected chi connectivity index (χ3v) is 4.06. The van der Waals surface area contributed by atoms with Gasteiger partial charge in [-0.1, -0.05) is 6.58 Å². The summed E-state index contributed by atoms with van der Waals surface area (Å²) in [4.78, 5) is 22.0. The molecule has 1 amide bonds. The van der Waals surface area contributed by atoms with Crippen molar-refractivity contribution in [2.45, 2.75) is 18.2 Å². The van der Waals surface area contributed by atoms with E-state index >= 15 is 0 Å². The van der Waals surface area contributed by atoms with Gasteiger partial charge in [0, 0.05) is 12.6 Å². The fourth-order valence-corrected chi connectivity index (χ4v) is 2.66. The van der Waals surface area contributed by atoms with Crippen molar-refractivity contribution in [1.29, 1.82) is 0 Å². The number of hydrogen-bond donors (Lipinski definition) is 1. The van der Waals surface area contributed by atoms with Gasteiger partial charge in [-0.15, -0.1) is 0 Å². The zero-order chi connectivity index (χ0) is 15.2. The summed E-state index contributed by atoms with van der Waals surface area (Å²) < 4.78 is 28.4. The Hall–Kier alpha value is -2.15. The third kappa shape index (κ3) is 4.85. The molecule has 108 valence electrons. The van der Waals surface area contributed by atoms with Gasteiger partial charge in [0.05, 0.1) is 23.3 Å². The molecular weight excluding hydrogens is 282 g/mol. The third-order valence-electron chi connectivity index (χ3n) is 2.32. The average Bonchev–Trinajstić information content (AvgIpc) is 2.37. The van der Waals surface area contributed by atoms with Crippen molar-refractivity contribution >= 4 is 27.4 Å². The van der Waals surface area contributed by atoms with E-state index in [-0.39, 0.29) is 23.0 Å². The van der Waals surface area contributed by atoms with Gasteiger partial charge in [-0.3, -0.25) is 9.59 Å². The van der Waals surface area contributed by atoms with Crippen LogP contribution in [0.15, 0.2) is 42.0 Å². The molecule has 0 bridgehead atoms. The summed E-state index contributed by atoms with van der Waals surface area (Å²) in [6.45, 7) is 4.57. The number of carbonyl (C=O) groups excluding carboxylic acids is 2. The Morgan fingerprint density at radius 3 is 2.40 bits per heavy atom. The average molecular weight is 297 g/mol. The van der Waals surface area contributed by atoms with Crippen LogP contribution in [0.3, 0.4) is 0 Å². The monoisotopic (exact) mass is 297 g/mol. The lowest BCUT2D eigenvalue weighted by Gasteiger charge is -2.06. The van der Waals surface area contributed by atoms with E-state index in [9.17, 15) is 18.0 Å². The van der Waals surface area contributed by atoms with E-state index in [2.05, 4.69) is 16.6 Å². The maximum Gasteiger partial charge on any atom is 0.311 e. The van der Waals surface area contributed by atoms with Crippen LogP contribution in [0, 0.1) is 0 Å². The van der Waals surface area contributed by atoms with Crippen molar-refractivity contribution in [2.75, 3.05) is 11.1 Å². The molecule has 1 N–H and O–H groups in total. The van der Waals surface area contributed by atoms with Gasteiger partial charge in [-0.05, 0) is 24.3 Å². The van der Waals surface area contributed by atoms with E-state index in [1.54, 1.807) is 0 Å². The molecular formula is C13H15NO5S. The van der Waals surface area contributed by atoms with E-state index in [0.29, 0.717) is 5.69 Å². The summed E-state index contributed by atoms with van der Waals surface area (Å²) in [7, 11) is -3.57. The Labute approximate surface area is 117 Å². The summed E-state index contributed by atoms with van der Waals surface area (Å²) in [5, 5.41) is 2.53. The second-order valence-corrected chi connectivity index (χ2v) is 6.04. The number of benzene rings is 1. The Balaban J connectivity index is 2.75. The van der Waals surface area contributed by atoms with Crippen LogP contribution >= 0.6 is 0 Å². The highest BCUT2D eigenvalue weighted by Gasteiger charge is 2.16. The Morgan fingerprint density at radius 2 is 1.90 bits per heavy atom. The zero-order valence-corrected chi connectivity index (χ0v) is 11.8. The van der Waals surface area contributed by atoms with Crippen LogP contribution in [0.5, 0.6) is 0 Å². The quantitative estimate of drug-likeness (QED) is 0.635. The van der Waals surface area contributed by atoms with Crippen molar-refractivity contribution in [3.05, 3.63) is 37.1 Å². The second kappa shape index (κ2) is 6.85. The largest absolute Gasteiger partial charge is 0.435 e. The second-order valence-electron chi connectivity index (χ2n) is 3.93. The highest BCUT2D eigenvalue weighted by Crippen LogP contribution is 2.16. The maximum absolute atomic E-state index is 12.0. The number of rotatable bonds is 6. The molecule has 0 heterocycles. The van der Waals surface area contributed by atoms with Crippen molar-refractivity contribution in [2.24, 2.45) is 0 Å². The van der Waals surface area contributed by atoms with Crippen molar-refractivity contribution in [1.82, 2.24) is 0 Å². The topological polar surface area (TPSA) is 89.5 Å². The molecule has 20 heavy (non-hydrogen) atoms. The molecule has 0 aromatic heterocycles. The van der Waals surface area contributed by atoms with E-state index in [1.807, 2.05) is 0 Å². The molecule has 0 saturated carbocycles. The fourth-order valence-electron chi connectivity index (χ4n) is 1.44. The molecule has 0 aliphatic carbocycles. The van der Waals surface area contributed by atoms with Crippen LogP contribution in [0.25, 0.3) is 0 Å². The molecule has 6 nitrogen and oxygen atoms in total. The summed E-state index contributed by atoms with van der Waals surface area (Å²) in [5.41, 5.74) is 0.502. The van der Waals surface area contributed by atoms with Gasteiger partial charge in [0.25, 0.3) is 0 Å². The fraction of sp³-hybridized carbons (Fsp3) is 0.231. The summed E-state index contributed by atoms with van der Waals surface area (Å²) in [5.74, 6) is -1.25. The molecule has 0 fully saturated rings. The van der Waals surface area contributed by atoms with Crippen LogP contribution in [0.2, 0.25) is 0 Å². The van der Waals surface area contributed by atoms with Gasteiger partial charge >= 0.3 is 5.97 Å². The lowest BCUT2D eigenvalue weighted by atomic mass is 10.3. The summed E-state index contributed by atoms with van der Waals surface area (Å²) >= 11 is 0. The number of carbonyl (C=O) groups is 2. The smallest absolute Gasteiger partial charge is 0.311 e. The van der Waals surface area contributed by atoms with E-state index in [4.69, 9.17) is 0 Å². The van der Waals surface area contributed by atoms with Gasteiger partial charge in [-0.25, -0.2) is 8.42 Å². The van der Waals surface area contributed by atoms with E-state index < -0.39 is 15.8 Å². The van der Waals surface area contributed by atoms with Gasteiger partial charge in [0.1, 0.15) is 0 Å². The number of ether oxygens (including phenoxy) is 1. The predicted molar refractivity (Wildman–Crippen MR) is 73.7 cm³/mol. The Kier molecular flexibility index (Phi) is 5.45. The van der Waals surface area contributed by atoms with Crippen molar-refractivity contribution in [3.8, 4) is 0 Å². The summed E-state index contributed by atoms with van der Waals surface area (Å²) in [6.07, 6.45) is 0.707. The van der Waals surface area contributed by atoms with Crippen LogP contribution in [0.1, 0.15) is 13.3 Å². The molecule has 0 radical (unpaired) electrons. The van der Waals surface area contributed by atoms with Crippen LogP contribution in [-0.2, 0) is 24.2 Å². The minimum Gasteiger partial charge on any atom is -0.435 e. The summed E-state index contributed by atoms with van der Waals surface area (Å²) in [6, 6.07) is 5.71. The maximum atomic E-state index is 12.0. The molecule has 0 saturated heterocycles. The number of amides is 1. The number of anilines is 1. The van der Waals surface area contributed by atoms with Gasteiger partial charge in [0.15, 0.2) is 9.84 Å². The lowest BCUT2D eigenvalue weighted by molar-refractivity contribution is -0.137. The van der Waals surface area contributed by atoms with Crippen LogP contribution in [-0.4, -0.2) is 26.0 Å². The highest BCUT2D eigenvalue weighted by atomic mass is 32.2. The van der Waals surface area contributed by atoms with Crippen LogP contribution in [0.4, 0.5) is 5.69 Å². The van der Waals surface area contributed by atoms with Gasteiger partial charge < -0.3 is 10.1 Å². The minimum atomic E-state index is -3.57. The van der Waals surface area contributed by atoms with E-state index in [0.717, 1.165) is 6.26 Å². The first-order valence-electron chi connectivity index (χ1n) is 5.76. The molecule has 1 aromatic carbocycles. The first-order valence-corrected chi connectivity index (χ1v) is 7.41. The number of esters is 1. The standard InChI is InChI=1S/C13H15NO5S/c1-3-19-13(16)8-9-20(17,18)12-6-4-11(5-7-12)14-10(2)15/h3-7H,1,8-9H2,2H3,(H,14,15). The van der Waals surface area contributed by atoms with Gasteiger partial charge in [0.2, 0.25) is 5.91 Å². The SMILES string of the molecule is C=COC(=O)CCS(=O)(=O)c1ccc(NC(C)=O)cc1. The predicted octanol–water partition coefficient (Wildman–Crippen LogP) is 1.50. The number of nitrogens with one attached hydrogen (secondary N) is 1. The molecule has 0 spiro atoms. The van der Waals surface area contributed by atoms with E-state index in [1.165, 1.54) is 31.2 Å². The molecule has 0 aliphatic rings. The van der Waals surface area contributed by atoms with Crippen molar-refractivity contribution in [3.63, 3.8) is 0 Å². The zero-order valence-electron chi connectivity index (χ0n) is 11.0. The molecule has 7 heteroatoms. The number of hydrogen-bond acceptors (Lipinski definition) is 5. The molecule has 0 unspecified atom stereocenters.